The lowest BCUT2D eigenvalue weighted by molar-refractivity contribution is -0.113. The Morgan fingerprint density at radius 3 is 2.79 bits per heavy atom. The van der Waals surface area contributed by atoms with Crippen molar-refractivity contribution in [2.24, 2.45) is 0 Å². The van der Waals surface area contributed by atoms with Gasteiger partial charge in [-0.1, -0.05) is 30.2 Å². The number of hydrogen-bond acceptors (Lipinski definition) is 4. The van der Waals surface area contributed by atoms with Crippen LogP contribution < -0.4 is 9.64 Å². The van der Waals surface area contributed by atoms with Gasteiger partial charge in [-0.05, 0) is 55.7 Å². The molecule has 6 heteroatoms. The van der Waals surface area contributed by atoms with Crippen molar-refractivity contribution in [3.05, 3.63) is 65.2 Å². The molecule has 4 rings (SSSR count). The third-order valence-corrected chi connectivity index (χ3v) is 6.23. The number of alkyl halides is 1. The Bertz CT molecular complexity index is 1260. The maximum Gasteiger partial charge on any atom is 0.303 e. The van der Waals surface area contributed by atoms with Crippen LogP contribution in [0.4, 0.5) is 5.69 Å². The van der Waals surface area contributed by atoms with Crippen molar-refractivity contribution in [2.75, 3.05) is 44.6 Å². The number of carbonyl (C=O) groups is 1. The van der Waals surface area contributed by atoms with Crippen LogP contribution in [-0.2, 0) is 4.79 Å². The van der Waals surface area contributed by atoms with Crippen LogP contribution in [0.5, 0.6) is 11.5 Å². The Hall–Kier alpha value is -3.20. The maximum absolute atomic E-state index is 13.1. The normalized spacial score (nSPS) is 14.8. The lowest BCUT2D eigenvalue weighted by atomic mass is 9.92. The van der Waals surface area contributed by atoms with E-state index in [2.05, 4.69) is 11.8 Å². The topological polar surface area (TPSA) is 53.0 Å². The van der Waals surface area contributed by atoms with Crippen LogP contribution in [0.3, 0.4) is 0 Å². The van der Waals surface area contributed by atoms with E-state index < -0.39 is 0 Å². The predicted octanol–water partition coefficient (Wildman–Crippen LogP) is 4.51. The zero-order valence-corrected chi connectivity index (χ0v) is 19.8. The van der Waals surface area contributed by atoms with Gasteiger partial charge in [-0.15, -0.1) is 11.6 Å². The highest BCUT2D eigenvalue weighted by molar-refractivity contribution is 6.19. The molecular formula is C27H27ClN2O3. The number of phenolic OH excluding ortho intramolecular Hbond substituents is 1. The predicted molar refractivity (Wildman–Crippen MR) is 134 cm³/mol. The molecule has 0 fully saturated rings. The smallest absolute Gasteiger partial charge is 0.303 e. The van der Waals surface area contributed by atoms with Crippen LogP contribution in [-0.4, -0.2) is 55.6 Å². The van der Waals surface area contributed by atoms with E-state index >= 15 is 0 Å². The first-order valence-electron chi connectivity index (χ1n) is 10.9. The molecule has 3 aromatic rings. The largest absolute Gasteiger partial charge is 0.507 e. The quantitative estimate of drug-likeness (QED) is 0.447. The molecule has 1 amide bonds. The molecule has 1 atom stereocenters. The molecule has 0 spiro atoms. The van der Waals surface area contributed by atoms with Gasteiger partial charge in [-0.3, -0.25) is 4.79 Å². The number of carbonyl (C=O) groups excluding carboxylic acids is 1. The third-order valence-electron chi connectivity index (χ3n) is 5.86. The van der Waals surface area contributed by atoms with E-state index in [9.17, 15) is 9.90 Å². The van der Waals surface area contributed by atoms with Crippen LogP contribution in [0.1, 0.15) is 22.6 Å². The summed E-state index contributed by atoms with van der Waals surface area (Å²) in [5.41, 5.74) is 3.43. The van der Waals surface area contributed by atoms with Crippen LogP contribution in [0.2, 0.25) is 0 Å². The minimum absolute atomic E-state index is 0.0231. The van der Waals surface area contributed by atoms with Gasteiger partial charge in [0, 0.05) is 47.8 Å². The van der Waals surface area contributed by atoms with E-state index in [0.717, 1.165) is 34.2 Å². The second-order valence-corrected chi connectivity index (χ2v) is 8.83. The van der Waals surface area contributed by atoms with Gasteiger partial charge < -0.3 is 19.6 Å². The minimum atomic E-state index is -0.324. The van der Waals surface area contributed by atoms with Gasteiger partial charge in [-0.25, -0.2) is 0 Å². The number of benzene rings is 3. The average Bonchev–Trinajstić information content (AvgIpc) is 3.16. The monoisotopic (exact) mass is 462 g/mol. The number of amides is 1. The first-order valence-corrected chi connectivity index (χ1v) is 11.4. The Labute approximate surface area is 199 Å². The number of anilines is 1. The van der Waals surface area contributed by atoms with Gasteiger partial charge >= 0.3 is 5.91 Å². The molecule has 1 heterocycles. The number of aryl methyl sites for hydroxylation is 1. The third kappa shape index (κ3) is 4.78. The second-order valence-electron chi connectivity index (χ2n) is 8.52. The fraction of sp³-hybridized carbons (Fsp3) is 0.296. The zero-order chi connectivity index (χ0) is 23.5. The lowest BCUT2D eigenvalue weighted by Gasteiger charge is -2.16. The molecule has 0 saturated carbocycles. The molecule has 33 heavy (non-hydrogen) atoms. The maximum atomic E-state index is 13.1. The summed E-state index contributed by atoms with van der Waals surface area (Å²) in [6, 6.07) is 14.9. The zero-order valence-electron chi connectivity index (χ0n) is 19.1. The molecule has 1 aliphatic heterocycles. The van der Waals surface area contributed by atoms with Crippen molar-refractivity contribution in [2.45, 2.75) is 12.8 Å². The number of likely N-dealkylation sites (N-methyl/N-ethyl adjacent to an activating group) is 1. The number of aromatic hydroxyl groups is 1. The molecule has 0 bridgehead atoms. The molecule has 5 nitrogen and oxygen atoms in total. The summed E-state index contributed by atoms with van der Waals surface area (Å²) in [6.07, 6.45) is 0. The molecule has 3 aromatic carbocycles. The summed E-state index contributed by atoms with van der Waals surface area (Å²) in [5.74, 6) is 6.62. The van der Waals surface area contributed by atoms with Crippen molar-refractivity contribution < 1.29 is 14.6 Å². The first kappa shape index (κ1) is 23.0. The number of ether oxygens (including phenoxy) is 1. The van der Waals surface area contributed by atoms with Crippen molar-refractivity contribution in [3.63, 3.8) is 0 Å². The molecule has 0 saturated heterocycles. The van der Waals surface area contributed by atoms with Gasteiger partial charge in [0.1, 0.15) is 18.1 Å². The van der Waals surface area contributed by atoms with E-state index in [1.165, 1.54) is 0 Å². The highest BCUT2D eigenvalue weighted by atomic mass is 35.5. The van der Waals surface area contributed by atoms with Crippen molar-refractivity contribution in [3.8, 4) is 23.3 Å². The standard InChI is InChI=1S/C27H27ClN2O3/c1-18-6-4-9-22-24(31)15-23-27(26(18)22)20(16-28)17-30(23)25(32)11-10-19-7-5-8-21(14-19)33-13-12-29(2)3/h4-9,14-15,20,31H,12-13,16-17H2,1-3H3/t20-/m1/s1. The van der Waals surface area contributed by atoms with Gasteiger partial charge in [-0.2, -0.15) is 0 Å². The van der Waals surface area contributed by atoms with Gasteiger partial charge in [0.2, 0.25) is 0 Å². The highest BCUT2D eigenvalue weighted by Crippen LogP contribution is 2.46. The molecular weight excluding hydrogens is 436 g/mol. The molecule has 0 unspecified atom stereocenters. The van der Waals surface area contributed by atoms with E-state index in [-0.39, 0.29) is 17.6 Å². The molecule has 0 radical (unpaired) electrons. The van der Waals surface area contributed by atoms with Crippen LogP contribution >= 0.6 is 11.6 Å². The first-order chi connectivity index (χ1) is 15.9. The summed E-state index contributed by atoms with van der Waals surface area (Å²) < 4.78 is 5.76. The van der Waals surface area contributed by atoms with Gasteiger partial charge in [0.05, 0.1) is 5.69 Å². The number of hydrogen-bond donors (Lipinski definition) is 1. The Morgan fingerprint density at radius 1 is 1.24 bits per heavy atom. The van der Waals surface area contributed by atoms with E-state index in [1.54, 1.807) is 11.0 Å². The fourth-order valence-corrected chi connectivity index (χ4v) is 4.47. The molecule has 1 N–H and O–H groups in total. The van der Waals surface area contributed by atoms with Crippen molar-refractivity contribution in [1.82, 2.24) is 4.90 Å². The summed E-state index contributed by atoms with van der Waals surface area (Å²) in [7, 11) is 3.98. The van der Waals surface area contributed by atoms with Gasteiger partial charge in [0.15, 0.2) is 0 Å². The highest BCUT2D eigenvalue weighted by Gasteiger charge is 2.34. The number of nitrogens with zero attached hydrogens (tertiary/aromatic N) is 2. The Kier molecular flexibility index (Phi) is 6.78. The molecule has 1 aliphatic rings. The lowest BCUT2D eigenvalue weighted by Crippen LogP contribution is -2.28. The summed E-state index contributed by atoms with van der Waals surface area (Å²) in [5, 5.41) is 12.4. The SMILES string of the molecule is Cc1cccc2c(O)cc3c(c12)[C@H](CCl)CN3C(=O)C#Cc1cccc(OCCN(C)C)c1. The van der Waals surface area contributed by atoms with E-state index in [0.29, 0.717) is 30.3 Å². The van der Waals surface area contributed by atoms with Crippen molar-refractivity contribution >= 4 is 34.0 Å². The summed E-state index contributed by atoms with van der Waals surface area (Å²) >= 11 is 6.30. The van der Waals surface area contributed by atoms with Crippen LogP contribution in [0.25, 0.3) is 10.8 Å². The van der Waals surface area contributed by atoms with Gasteiger partial charge in [0.25, 0.3) is 0 Å². The van der Waals surface area contributed by atoms with Crippen molar-refractivity contribution in [1.29, 1.82) is 0 Å². The number of fused-ring (bicyclic) bond motifs is 3. The number of rotatable bonds is 5. The average molecular weight is 463 g/mol. The van der Waals surface area contributed by atoms with E-state index in [4.69, 9.17) is 16.3 Å². The molecule has 0 aromatic heterocycles. The number of halogens is 1. The van der Waals surface area contributed by atoms with Crippen LogP contribution in [0.15, 0.2) is 48.5 Å². The summed E-state index contributed by atoms with van der Waals surface area (Å²) in [4.78, 5) is 16.8. The number of phenols is 1. The fourth-order valence-electron chi connectivity index (χ4n) is 4.22. The van der Waals surface area contributed by atoms with E-state index in [1.807, 2.05) is 68.4 Å². The minimum Gasteiger partial charge on any atom is -0.507 e. The molecule has 170 valence electrons. The Morgan fingerprint density at radius 2 is 2.03 bits per heavy atom. The second kappa shape index (κ2) is 9.74. The summed E-state index contributed by atoms with van der Waals surface area (Å²) in [6.45, 7) is 3.83. The molecule has 0 aliphatic carbocycles. The van der Waals surface area contributed by atoms with Crippen LogP contribution in [0, 0.1) is 18.8 Å². The Balaban J connectivity index is 1.62.